The number of nitrogens with zero attached hydrogens (tertiary/aromatic N) is 1. The van der Waals surface area contributed by atoms with Crippen LogP contribution in [0.4, 0.5) is 4.39 Å². The van der Waals surface area contributed by atoms with E-state index in [-0.39, 0.29) is 23.6 Å². The number of rotatable bonds is 5. The summed E-state index contributed by atoms with van der Waals surface area (Å²) in [6.45, 7) is 8.18. The van der Waals surface area contributed by atoms with Gasteiger partial charge in [-0.05, 0) is 31.9 Å². The van der Waals surface area contributed by atoms with Crippen molar-refractivity contribution >= 4 is 27.5 Å². The standard InChI is InChI=1S/C11H21NO2.C10H10FNOS/c1-9(12-10(2)13)8-14-11-6-4-3-5-7-11;1-5(2)10-12-6-3-4-7(13)8(11)9(6)14-10/h9,11H,3-8H2,1-2H3,(H,12,13);3-5,13H,1-2H3/t9-;/m0./s1. The van der Waals surface area contributed by atoms with E-state index in [1.165, 1.54) is 56.4 Å². The van der Waals surface area contributed by atoms with E-state index in [0.717, 1.165) is 5.01 Å². The van der Waals surface area contributed by atoms with Crippen molar-refractivity contribution in [2.24, 2.45) is 0 Å². The quantitative estimate of drug-likeness (QED) is 0.717. The number of phenols is 1. The molecule has 0 aliphatic heterocycles. The van der Waals surface area contributed by atoms with Gasteiger partial charge in [0.2, 0.25) is 5.91 Å². The summed E-state index contributed by atoms with van der Waals surface area (Å²) < 4.78 is 19.6. The Kier molecular flexibility index (Phi) is 8.63. The molecular formula is C21H31FN2O3S. The van der Waals surface area contributed by atoms with E-state index in [4.69, 9.17) is 9.84 Å². The summed E-state index contributed by atoms with van der Waals surface area (Å²) in [5, 5.41) is 12.9. The fourth-order valence-electron chi connectivity index (χ4n) is 3.11. The fraction of sp³-hybridized carbons (Fsp3) is 0.619. The molecule has 0 spiro atoms. The zero-order valence-electron chi connectivity index (χ0n) is 17.1. The van der Waals surface area contributed by atoms with Crippen LogP contribution in [0.5, 0.6) is 5.75 Å². The first kappa shape index (κ1) is 22.6. The summed E-state index contributed by atoms with van der Waals surface area (Å²) in [4.78, 5) is 15.0. The SMILES string of the molecule is CC(=O)N[C@@H](C)COC1CCCCC1.CC(C)c1nc2ccc(O)c(F)c2s1. The summed E-state index contributed by atoms with van der Waals surface area (Å²) in [5.41, 5.74) is 0.619. The van der Waals surface area contributed by atoms with Gasteiger partial charge in [0.25, 0.3) is 0 Å². The highest BCUT2D eigenvalue weighted by atomic mass is 32.1. The molecule has 0 saturated heterocycles. The third-order valence-electron chi connectivity index (χ3n) is 4.57. The van der Waals surface area contributed by atoms with Gasteiger partial charge in [0.1, 0.15) is 0 Å². The van der Waals surface area contributed by atoms with Gasteiger partial charge in [-0.25, -0.2) is 9.37 Å². The Morgan fingerprint density at radius 1 is 1.32 bits per heavy atom. The molecule has 1 aliphatic carbocycles. The van der Waals surface area contributed by atoms with Gasteiger partial charge in [-0.3, -0.25) is 4.79 Å². The summed E-state index contributed by atoms with van der Waals surface area (Å²) in [6, 6.07) is 3.10. The molecule has 1 fully saturated rings. The maximum Gasteiger partial charge on any atom is 0.217 e. The van der Waals surface area contributed by atoms with Gasteiger partial charge in [-0.15, -0.1) is 11.3 Å². The van der Waals surface area contributed by atoms with Gasteiger partial charge in [-0.2, -0.15) is 0 Å². The van der Waals surface area contributed by atoms with E-state index in [1.54, 1.807) is 6.07 Å². The van der Waals surface area contributed by atoms with Gasteiger partial charge in [0.15, 0.2) is 11.6 Å². The maximum absolute atomic E-state index is 13.4. The number of aromatic nitrogens is 1. The lowest BCUT2D eigenvalue weighted by Gasteiger charge is -2.23. The van der Waals surface area contributed by atoms with Crippen molar-refractivity contribution in [3.63, 3.8) is 0 Å². The predicted molar refractivity (Wildman–Crippen MR) is 111 cm³/mol. The van der Waals surface area contributed by atoms with Gasteiger partial charge >= 0.3 is 0 Å². The van der Waals surface area contributed by atoms with Crippen molar-refractivity contribution in [3.8, 4) is 5.75 Å². The highest BCUT2D eigenvalue weighted by molar-refractivity contribution is 7.18. The number of ether oxygens (including phenoxy) is 1. The lowest BCUT2D eigenvalue weighted by Crippen LogP contribution is -2.35. The lowest BCUT2D eigenvalue weighted by molar-refractivity contribution is -0.120. The van der Waals surface area contributed by atoms with Crippen LogP contribution in [0, 0.1) is 5.82 Å². The second-order valence-corrected chi connectivity index (χ2v) is 8.68. The normalized spacial score (nSPS) is 15.9. The zero-order valence-corrected chi connectivity index (χ0v) is 17.9. The minimum Gasteiger partial charge on any atom is -0.505 e. The molecular weight excluding hydrogens is 379 g/mol. The van der Waals surface area contributed by atoms with E-state index < -0.39 is 5.82 Å². The second kappa shape index (κ2) is 10.7. The molecule has 1 saturated carbocycles. The number of fused-ring (bicyclic) bond motifs is 1. The van der Waals surface area contributed by atoms with Crippen molar-refractivity contribution in [1.29, 1.82) is 0 Å². The number of phenolic OH excluding ortho intramolecular Hbond substituents is 1. The average molecular weight is 411 g/mol. The Balaban J connectivity index is 0.000000200. The second-order valence-electron chi connectivity index (χ2n) is 7.65. The number of hydrogen-bond donors (Lipinski definition) is 2. The van der Waals surface area contributed by atoms with Crippen LogP contribution in [-0.4, -0.2) is 34.8 Å². The third-order valence-corrected chi connectivity index (χ3v) is 5.94. The first-order chi connectivity index (χ1) is 13.3. The Bertz CT molecular complexity index is 772. The van der Waals surface area contributed by atoms with Gasteiger partial charge in [-0.1, -0.05) is 33.1 Å². The molecule has 0 unspecified atom stereocenters. The van der Waals surface area contributed by atoms with E-state index in [1.807, 2.05) is 20.8 Å². The number of aromatic hydroxyl groups is 1. The van der Waals surface area contributed by atoms with Crippen LogP contribution in [-0.2, 0) is 9.53 Å². The summed E-state index contributed by atoms with van der Waals surface area (Å²) in [7, 11) is 0. The van der Waals surface area contributed by atoms with E-state index in [2.05, 4.69) is 10.3 Å². The Morgan fingerprint density at radius 3 is 2.61 bits per heavy atom. The molecule has 3 rings (SSSR count). The Morgan fingerprint density at radius 2 is 2.00 bits per heavy atom. The number of amides is 1. The molecule has 0 bridgehead atoms. The van der Waals surface area contributed by atoms with Crippen LogP contribution in [0.2, 0.25) is 0 Å². The number of hydrogen-bond acceptors (Lipinski definition) is 5. The molecule has 1 aromatic heterocycles. The van der Waals surface area contributed by atoms with Crippen LogP contribution in [0.1, 0.15) is 70.7 Å². The largest absolute Gasteiger partial charge is 0.505 e. The lowest BCUT2D eigenvalue weighted by atomic mass is 9.98. The first-order valence-corrected chi connectivity index (χ1v) is 10.8. The number of halogens is 1. The van der Waals surface area contributed by atoms with Crippen molar-refractivity contribution in [3.05, 3.63) is 23.0 Å². The number of carbonyl (C=O) groups excluding carboxylic acids is 1. The molecule has 28 heavy (non-hydrogen) atoms. The monoisotopic (exact) mass is 410 g/mol. The number of nitrogens with one attached hydrogen (secondary N) is 1. The topological polar surface area (TPSA) is 71.5 Å². The number of thiazole rings is 1. The highest BCUT2D eigenvalue weighted by Crippen LogP contribution is 2.32. The average Bonchev–Trinajstić information content (AvgIpc) is 3.09. The summed E-state index contributed by atoms with van der Waals surface area (Å²) in [6.07, 6.45) is 6.74. The van der Waals surface area contributed by atoms with Crippen LogP contribution in [0.25, 0.3) is 10.2 Å². The molecule has 1 heterocycles. The van der Waals surface area contributed by atoms with Crippen molar-refractivity contribution in [1.82, 2.24) is 10.3 Å². The first-order valence-electron chi connectivity index (χ1n) is 9.94. The molecule has 2 N–H and O–H groups in total. The minimum absolute atomic E-state index is 0.0183. The summed E-state index contributed by atoms with van der Waals surface area (Å²) in [5.74, 6) is -0.568. The molecule has 0 radical (unpaired) electrons. The molecule has 2 aromatic rings. The molecule has 5 nitrogen and oxygen atoms in total. The Hall–Kier alpha value is -1.73. The van der Waals surface area contributed by atoms with Crippen molar-refractivity contribution in [2.45, 2.75) is 77.9 Å². The van der Waals surface area contributed by atoms with Crippen LogP contribution in [0.15, 0.2) is 12.1 Å². The molecule has 7 heteroatoms. The molecule has 1 atom stereocenters. The molecule has 1 aliphatic rings. The van der Waals surface area contributed by atoms with E-state index >= 15 is 0 Å². The molecule has 1 aromatic carbocycles. The van der Waals surface area contributed by atoms with Gasteiger partial charge in [0.05, 0.1) is 27.9 Å². The fourth-order valence-corrected chi connectivity index (χ4v) is 4.12. The van der Waals surface area contributed by atoms with Crippen molar-refractivity contribution in [2.75, 3.05) is 6.61 Å². The smallest absolute Gasteiger partial charge is 0.217 e. The van der Waals surface area contributed by atoms with E-state index in [0.29, 0.717) is 22.9 Å². The summed E-state index contributed by atoms with van der Waals surface area (Å²) >= 11 is 1.30. The number of carbonyl (C=O) groups is 1. The zero-order chi connectivity index (χ0) is 20.7. The number of benzene rings is 1. The highest BCUT2D eigenvalue weighted by Gasteiger charge is 2.15. The predicted octanol–water partition coefficient (Wildman–Crippen LogP) is 5.12. The van der Waals surface area contributed by atoms with Crippen molar-refractivity contribution < 1.29 is 19.0 Å². The van der Waals surface area contributed by atoms with Gasteiger partial charge < -0.3 is 15.2 Å². The maximum atomic E-state index is 13.4. The third kappa shape index (κ3) is 6.71. The molecule has 156 valence electrons. The van der Waals surface area contributed by atoms with Crippen LogP contribution < -0.4 is 5.32 Å². The van der Waals surface area contributed by atoms with Crippen LogP contribution >= 0.6 is 11.3 Å². The van der Waals surface area contributed by atoms with Crippen LogP contribution in [0.3, 0.4) is 0 Å². The minimum atomic E-state index is -0.563. The molecule has 1 amide bonds. The van der Waals surface area contributed by atoms with Gasteiger partial charge in [0, 0.05) is 18.9 Å². The Labute approximate surface area is 170 Å². The van der Waals surface area contributed by atoms with E-state index in [9.17, 15) is 9.18 Å².